The number of carbonyl (C=O) groups excluding carboxylic acids is 3. The first-order valence-corrected chi connectivity index (χ1v) is 10.1. The van der Waals surface area contributed by atoms with E-state index in [-0.39, 0.29) is 18.4 Å². The third-order valence-electron chi connectivity index (χ3n) is 3.90. The van der Waals surface area contributed by atoms with E-state index in [0.717, 1.165) is 0 Å². The van der Waals surface area contributed by atoms with Crippen molar-refractivity contribution in [2.45, 2.75) is 0 Å². The molecule has 0 saturated heterocycles. The Morgan fingerprint density at radius 2 is 1.70 bits per heavy atom. The van der Waals surface area contributed by atoms with Gasteiger partial charge >= 0.3 is 0 Å². The molecule has 0 unspecified atom stereocenters. The summed E-state index contributed by atoms with van der Waals surface area (Å²) < 4.78 is 4.78. The molecule has 3 N–H and O–H groups in total. The lowest BCUT2D eigenvalue weighted by atomic mass is 10.1. The molecule has 3 rings (SSSR count). The standard InChI is InChI=1S/C21H18ClN3O4S/c1-29-12-19(26)23-14-4-2-5-15(11-14)24-20(27)13-7-8-16(22)17(10-13)25-21(28)18-6-3-9-30-18/h2-11H,12H2,1H3,(H,23,26)(H,24,27)(H,25,28). The average Bonchev–Trinajstić information content (AvgIpc) is 3.25. The second kappa shape index (κ2) is 10.0. The van der Waals surface area contributed by atoms with E-state index in [4.69, 9.17) is 16.3 Å². The van der Waals surface area contributed by atoms with Gasteiger partial charge in [0.15, 0.2) is 0 Å². The van der Waals surface area contributed by atoms with Crippen molar-refractivity contribution in [3.05, 3.63) is 75.4 Å². The Kier molecular flexibility index (Phi) is 7.18. The Labute approximate surface area is 182 Å². The van der Waals surface area contributed by atoms with Gasteiger partial charge in [0, 0.05) is 24.0 Å². The number of carbonyl (C=O) groups is 3. The van der Waals surface area contributed by atoms with Gasteiger partial charge in [0.05, 0.1) is 15.6 Å². The quantitative estimate of drug-likeness (QED) is 0.501. The maximum atomic E-state index is 12.7. The first-order valence-electron chi connectivity index (χ1n) is 8.81. The van der Waals surface area contributed by atoms with E-state index in [1.807, 2.05) is 0 Å². The van der Waals surface area contributed by atoms with Crippen LogP contribution in [0.1, 0.15) is 20.0 Å². The van der Waals surface area contributed by atoms with E-state index in [1.165, 1.54) is 24.5 Å². The maximum Gasteiger partial charge on any atom is 0.265 e. The van der Waals surface area contributed by atoms with Crippen LogP contribution >= 0.6 is 22.9 Å². The van der Waals surface area contributed by atoms with Crippen molar-refractivity contribution in [1.82, 2.24) is 0 Å². The number of amides is 3. The molecule has 3 amide bonds. The van der Waals surface area contributed by atoms with E-state index in [2.05, 4.69) is 16.0 Å². The molecule has 1 heterocycles. The van der Waals surface area contributed by atoms with Crippen LogP contribution in [0, 0.1) is 0 Å². The minimum Gasteiger partial charge on any atom is -0.375 e. The predicted octanol–water partition coefficient (Wildman–Crippen LogP) is 4.49. The fourth-order valence-corrected chi connectivity index (χ4v) is 3.34. The third kappa shape index (κ3) is 5.66. The lowest BCUT2D eigenvalue weighted by molar-refractivity contribution is -0.119. The number of methoxy groups -OCH3 is 1. The Bertz CT molecular complexity index is 1070. The van der Waals surface area contributed by atoms with Crippen LogP contribution in [0.2, 0.25) is 5.02 Å². The van der Waals surface area contributed by atoms with Crippen LogP contribution < -0.4 is 16.0 Å². The minimum absolute atomic E-state index is 0.0681. The highest BCUT2D eigenvalue weighted by atomic mass is 35.5. The number of benzene rings is 2. The van der Waals surface area contributed by atoms with E-state index in [0.29, 0.717) is 32.5 Å². The lowest BCUT2D eigenvalue weighted by Gasteiger charge is -2.11. The second-order valence-electron chi connectivity index (χ2n) is 6.14. The zero-order chi connectivity index (χ0) is 21.5. The number of rotatable bonds is 7. The van der Waals surface area contributed by atoms with Crippen LogP contribution in [0.3, 0.4) is 0 Å². The molecule has 0 saturated carbocycles. The summed E-state index contributed by atoms with van der Waals surface area (Å²) >= 11 is 7.47. The molecule has 0 bridgehead atoms. The van der Waals surface area contributed by atoms with Crippen LogP contribution in [0.5, 0.6) is 0 Å². The van der Waals surface area contributed by atoms with E-state index >= 15 is 0 Å². The molecular weight excluding hydrogens is 426 g/mol. The molecule has 0 aliphatic rings. The van der Waals surface area contributed by atoms with Gasteiger partial charge in [-0.1, -0.05) is 23.7 Å². The normalized spacial score (nSPS) is 10.3. The number of hydrogen-bond donors (Lipinski definition) is 3. The largest absolute Gasteiger partial charge is 0.375 e. The molecule has 7 nitrogen and oxygen atoms in total. The van der Waals surface area contributed by atoms with Gasteiger partial charge in [0.1, 0.15) is 6.61 Å². The molecule has 2 aromatic carbocycles. The zero-order valence-corrected chi connectivity index (χ0v) is 17.5. The van der Waals surface area contributed by atoms with Gasteiger partial charge in [-0.25, -0.2) is 0 Å². The van der Waals surface area contributed by atoms with Crippen LogP contribution in [-0.4, -0.2) is 31.4 Å². The molecule has 3 aromatic rings. The van der Waals surface area contributed by atoms with Crippen molar-refractivity contribution in [2.24, 2.45) is 0 Å². The Morgan fingerprint density at radius 1 is 0.933 bits per heavy atom. The molecule has 0 aliphatic carbocycles. The molecule has 0 aliphatic heterocycles. The average molecular weight is 444 g/mol. The van der Waals surface area contributed by atoms with Gasteiger partial charge < -0.3 is 20.7 Å². The molecule has 30 heavy (non-hydrogen) atoms. The summed E-state index contributed by atoms with van der Waals surface area (Å²) in [5, 5.41) is 10.3. The maximum absolute atomic E-state index is 12.7. The van der Waals surface area contributed by atoms with Crippen molar-refractivity contribution < 1.29 is 19.1 Å². The van der Waals surface area contributed by atoms with Gasteiger partial charge in [-0.3, -0.25) is 14.4 Å². The van der Waals surface area contributed by atoms with Crippen molar-refractivity contribution in [3.63, 3.8) is 0 Å². The summed E-state index contributed by atoms with van der Waals surface area (Å²) in [7, 11) is 1.43. The summed E-state index contributed by atoms with van der Waals surface area (Å²) in [6, 6.07) is 14.8. The first-order chi connectivity index (χ1) is 14.5. The molecule has 154 valence electrons. The van der Waals surface area contributed by atoms with Crippen molar-refractivity contribution >= 4 is 57.7 Å². The molecule has 0 atom stereocenters. The van der Waals surface area contributed by atoms with Gasteiger partial charge in [-0.2, -0.15) is 0 Å². The summed E-state index contributed by atoms with van der Waals surface area (Å²) in [4.78, 5) is 37.1. The topological polar surface area (TPSA) is 96.5 Å². The van der Waals surface area contributed by atoms with E-state index in [1.54, 1.807) is 53.9 Å². The SMILES string of the molecule is COCC(=O)Nc1cccc(NC(=O)c2ccc(Cl)c(NC(=O)c3cccs3)c2)c1. The highest BCUT2D eigenvalue weighted by Crippen LogP contribution is 2.25. The van der Waals surface area contributed by atoms with Crippen molar-refractivity contribution in [1.29, 1.82) is 0 Å². The zero-order valence-electron chi connectivity index (χ0n) is 15.9. The first kappa shape index (κ1) is 21.5. The Hall–Kier alpha value is -3.20. The van der Waals surface area contributed by atoms with Crippen LogP contribution in [0.4, 0.5) is 17.1 Å². The van der Waals surface area contributed by atoms with Gasteiger partial charge in [-0.05, 0) is 47.8 Å². The third-order valence-corrected chi connectivity index (χ3v) is 5.10. The Morgan fingerprint density at radius 3 is 2.40 bits per heavy atom. The number of anilines is 3. The highest BCUT2D eigenvalue weighted by molar-refractivity contribution is 7.12. The summed E-state index contributed by atoms with van der Waals surface area (Å²) in [5.74, 6) is -0.993. The van der Waals surface area contributed by atoms with Gasteiger partial charge in [0.25, 0.3) is 11.8 Å². The van der Waals surface area contributed by atoms with Gasteiger partial charge in [0.2, 0.25) is 5.91 Å². The molecule has 0 fully saturated rings. The van der Waals surface area contributed by atoms with Crippen LogP contribution in [0.25, 0.3) is 0 Å². The summed E-state index contributed by atoms with van der Waals surface area (Å²) in [5.41, 5.74) is 1.67. The number of hydrogen-bond acceptors (Lipinski definition) is 5. The predicted molar refractivity (Wildman–Crippen MR) is 119 cm³/mol. The monoisotopic (exact) mass is 443 g/mol. The fourth-order valence-electron chi connectivity index (χ4n) is 2.56. The molecular formula is C21H18ClN3O4S. The molecule has 9 heteroatoms. The number of halogens is 1. The van der Waals surface area contributed by atoms with Crippen LogP contribution in [0.15, 0.2) is 60.0 Å². The Balaban J connectivity index is 1.71. The number of ether oxygens (including phenoxy) is 1. The van der Waals surface area contributed by atoms with Crippen LogP contribution in [-0.2, 0) is 9.53 Å². The second-order valence-corrected chi connectivity index (χ2v) is 7.50. The minimum atomic E-state index is -0.390. The van der Waals surface area contributed by atoms with Crippen molar-refractivity contribution in [2.75, 3.05) is 29.7 Å². The van der Waals surface area contributed by atoms with E-state index < -0.39 is 5.91 Å². The molecule has 0 spiro atoms. The van der Waals surface area contributed by atoms with Crippen molar-refractivity contribution in [3.8, 4) is 0 Å². The van der Waals surface area contributed by atoms with Gasteiger partial charge in [-0.15, -0.1) is 11.3 Å². The van der Waals surface area contributed by atoms with E-state index in [9.17, 15) is 14.4 Å². The molecule has 0 radical (unpaired) electrons. The number of thiophene rings is 1. The fraction of sp³-hybridized carbons (Fsp3) is 0.0952. The smallest absolute Gasteiger partial charge is 0.265 e. The summed E-state index contributed by atoms with van der Waals surface area (Å²) in [6.45, 7) is -0.0681. The molecule has 1 aromatic heterocycles. The summed E-state index contributed by atoms with van der Waals surface area (Å²) in [6.07, 6.45) is 0. The lowest BCUT2D eigenvalue weighted by Crippen LogP contribution is -2.17. The number of nitrogens with one attached hydrogen (secondary N) is 3. The highest BCUT2D eigenvalue weighted by Gasteiger charge is 2.13.